The average Bonchev–Trinajstić information content (AvgIpc) is 3.00. The molecule has 0 radical (unpaired) electrons. The van der Waals surface area contributed by atoms with Crippen LogP contribution in [0.1, 0.15) is 52.4 Å². The lowest BCUT2D eigenvalue weighted by molar-refractivity contribution is -0.127. The van der Waals surface area contributed by atoms with E-state index in [1.165, 1.54) is 12.8 Å². The molecule has 2 rings (SSSR count). The predicted octanol–water partition coefficient (Wildman–Crippen LogP) is 2.31. The van der Waals surface area contributed by atoms with Crippen LogP contribution in [-0.4, -0.2) is 35.0 Å². The molecule has 1 amide bonds. The molecule has 0 bridgehead atoms. The summed E-state index contributed by atoms with van der Waals surface area (Å²) in [6, 6.07) is 0.397. The Hall–Kier alpha value is -0.220. The number of thioether (sulfide) groups is 1. The topological polar surface area (TPSA) is 41.1 Å². The van der Waals surface area contributed by atoms with Crippen molar-refractivity contribution in [2.24, 2.45) is 0 Å². The van der Waals surface area contributed by atoms with E-state index in [9.17, 15) is 4.79 Å². The van der Waals surface area contributed by atoms with E-state index in [4.69, 9.17) is 0 Å². The molecular formula is C14H26N2OS. The van der Waals surface area contributed by atoms with E-state index in [0.29, 0.717) is 11.3 Å². The minimum atomic E-state index is -0.274. The Kier molecular flexibility index (Phi) is 4.96. The predicted molar refractivity (Wildman–Crippen MR) is 78.0 cm³/mol. The van der Waals surface area contributed by atoms with Gasteiger partial charge in [0.1, 0.15) is 0 Å². The van der Waals surface area contributed by atoms with E-state index >= 15 is 0 Å². The number of hydrogen-bond donors (Lipinski definition) is 2. The number of carbonyl (C=O) groups excluding carboxylic acids is 1. The van der Waals surface area contributed by atoms with Gasteiger partial charge in [0.05, 0.1) is 5.54 Å². The van der Waals surface area contributed by atoms with Crippen molar-refractivity contribution in [3.63, 3.8) is 0 Å². The normalized spacial score (nSPS) is 35.9. The second kappa shape index (κ2) is 6.29. The minimum Gasteiger partial charge on any atom is -0.351 e. The van der Waals surface area contributed by atoms with E-state index in [1.54, 1.807) is 0 Å². The van der Waals surface area contributed by atoms with Crippen LogP contribution in [0, 0.1) is 0 Å². The highest BCUT2D eigenvalue weighted by atomic mass is 32.2. The lowest BCUT2D eigenvalue weighted by Gasteiger charge is -2.30. The molecule has 1 saturated heterocycles. The third-order valence-electron chi connectivity index (χ3n) is 4.43. The number of nitrogens with one attached hydrogen (secondary N) is 2. The third-order valence-corrected chi connectivity index (χ3v) is 5.76. The Morgan fingerprint density at radius 3 is 2.83 bits per heavy atom. The van der Waals surface area contributed by atoms with Gasteiger partial charge in [-0.25, -0.2) is 0 Å². The Bertz CT molecular complexity index is 290. The Labute approximate surface area is 115 Å². The molecule has 104 valence electrons. The van der Waals surface area contributed by atoms with Gasteiger partial charge >= 0.3 is 0 Å². The molecule has 4 heteroatoms. The third kappa shape index (κ3) is 2.85. The van der Waals surface area contributed by atoms with Crippen molar-refractivity contribution in [2.75, 3.05) is 12.3 Å². The number of amides is 1. The molecule has 0 spiro atoms. The van der Waals surface area contributed by atoms with Crippen molar-refractivity contribution in [1.29, 1.82) is 0 Å². The molecule has 1 aliphatic heterocycles. The fourth-order valence-electron chi connectivity index (χ4n) is 3.27. The van der Waals surface area contributed by atoms with Crippen LogP contribution in [0.4, 0.5) is 0 Å². The zero-order valence-electron chi connectivity index (χ0n) is 11.6. The first kappa shape index (κ1) is 14.2. The van der Waals surface area contributed by atoms with Crippen LogP contribution in [0.2, 0.25) is 0 Å². The summed E-state index contributed by atoms with van der Waals surface area (Å²) in [5, 5.41) is 7.38. The summed E-state index contributed by atoms with van der Waals surface area (Å²) < 4.78 is 0. The molecule has 0 aromatic rings. The van der Waals surface area contributed by atoms with Gasteiger partial charge in [-0.05, 0) is 44.4 Å². The van der Waals surface area contributed by atoms with Crippen LogP contribution >= 0.6 is 11.8 Å². The monoisotopic (exact) mass is 270 g/mol. The van der Waals surface area contributed by atoms with Gasteiger partial charge < -0.3 is 10.6 Å². The van der Waals surface area contributed by atoms with E-state index in [-0.39, 0.29) is 11.4 Å². The van der Waals surface area contributed by atoms with Crippen molar-refractivity contribution in [1.82, 2.24) is 10.6 Å². The summed E-state index contributed by atoms with van der Waals surface area (Å²) in [6.45, 7) is 5.30. The highest BCUT2D eigenvalue weighted by molar-refractivity contribution is 7.99. The van der Waals surface area contributed by atoms with Crippen molar-refractivity contribution in [3.05, 3.63) is 0 Å². The second-order valence-electron chi connectivity index (χ2n) is 5.47. The van der Waals surface area contributed by atoms with E-state index in [0.717, 1.165) is 38.0 Å². The molecule has 2 N–H and O–H groups in total. The number of hydrogen-bond acceptors (Lipinski definition) is 3. The van der Waals surface area contributed by atoms with Crippen molar-refractivity contribution in [3.8, 4) is 0 Å². The van der Waals surface area contributed by atoms with E-state index < -0.39 is 0 Å². The fourth-order valence-corrected chi connectivity index (χ4v) is 4.47. The molecule has 18 heavy (non-hydrogen) atoms. The Morgan fingerprint density at radius 1 is 1.39 bits per heavy atom. The number of rotatable bonds is 5. The van der Waals surface area contributed by atoms with Gasteiger partial charge in [-0.3, -0.25) is 4.79 Å². The maximum absolute atomic E-state index is 12.5. The average molecular weight is 270 g/mol. The molecule has 0 aromatic heterocycles. The molecule has 3 unspecified atom stereocenters. The second-order valence-corrected chi connectivity index (χ2v) is 6.99. The summed E-state index contributed by atoms with van der Waals surface area (Å²) in [6.07, 6.45) is 6.69. The van der Waals surface area contributed by atoms with Crippen molar-refractivity contribution >= 4 is 17.7 Å². The summed E-state index contributed by atoms with van der Waals surface area (Å²) in [7, 11) is 0. The van der Waals surface area contributed by atoms with Crippen molar-refractivity contribution < 1.29 is 4.79 Å². The van der Waals surface area contributed by atoms with E-state index in [2.05, 4.69) is 24.5 Å². The van der Waals surface area contributed by atoms with Crippen LogP contribution in [0.15, 0.2) is 0 Å². The van der Waals surface area contributed by atoms with Gasteiger partial charge in [-0.15, -0.1) is 0 Å². The maximum Gasteiger partial charge on any atom is 0.240 e. The van der Waals surface area contributed by atoms with Gasteiger partial charge in [-0.1, -0.05) is 20.3 Å². The summed E-state index contributed by atoms with van der Waals surface area (Å²) in [4.78, 5) is 12.5. The first-order valence-corrected chi connectivity index (χ1v) is 8.44. The molecule has 1 saturated carbocycles. The molecule has 2 fully saturated rings. The Balaban J connectivity index is 1.93. The number of carbonyl (C=O) groups is 1. The quantitative estimate of drug-likeness (QED) is 0.805. The van der Waals surface area contributed by atoms with Gasteiger partial charge in [-0.2, -0.15) is 11.8 Å². The fraction of sp³-hybridized carbons (Fsp3) is 0.929. The van der Waals surface area contributed by atoms with Gasteiger partial charge in [0.25, 0.3) is 0 Å². The largest absolute Gasteiger partial charge is 0.351 e. The zero-order chi connectivity index (χ0) is 13.0. The Morgan fingerprint density at radius 2 is 2.22 bits per heavy atom. The highest BCUT2D eigenvalue weighted by Gasteiger charge is 2.41. The van der Waals surface area contributed by atoms with Crippen molar-refractivity contribution in [2.45, 2.75) is 69.2 Å². The first-order chi connectivity index (χ1) is 8.72. The lowest BCUT2D eigenvalue weighted by atomic mass is 9.92. The zero-order valence-corrected chi connectivity index (χ0v) is 12.4. The SMILES string of the molecule is CCSC1CCCC1NC(=O)C1(CC)CCCN1. The minimum absolute atomic E-state index is 0.246. The first-order valence-electron chi connectivity index (χ1n) is 7.39. The van der Waals surface area contributed by atoms with Crippen LogP contribution in [0.25, 0.3) is 0 Å². The smallest absolute Gasteiger partial charge is 0.240 e. The van der Waals surface area contributed by atoms with Gasteiger partial charge in [0, 0.05) is 11.3 Å². The highest BCUT2D eigenvalue weighted by Crippen LogP contribution is 2.31. The molecule has 1 heterocycles. The summed E-state index contributed by atoms with van der Waals surface area (Å²) >= 11 is 2.00. The summed E-state index contributed by atoms with van der Waals surface area (Å²) in [5.41, 5.74) is -0.274. The molecular weight excluding hydrogens is 244 g/mol. The van der Waals surface area contributed by atoms with Crippen LogP contribution in [0.5, 0.6) is 0 Å². The molecule has 1 aliphatic carbocycles. The van der Waals surface area contributed by atoms with Gasteiger partial charge in [0.15, 0.2) is 0 Å². The molecule has 2 aliphatic rings. The van der Waals surface area contributed by atoms with E-state index in [1.807, 2.05) is 11.8 Å². The lowest BCUT2D eigenvalue weighted by Crippen LogP contribution is -2.56. The van der Waals surface area contributed by atoms with Crippen LogP contribution in [-0.2, 0) is 4.79 Å². The maximum atomic E-state index is 12.5. The van der Waals surface area contributed by atoms with Crippen LogP contribution < -0.4 is 10.6 Å². The molecule has 0 aromatic carbocycles. The van der Waals surface area contributed by atoms with Gasteiger partial charge in [0.2, 0.25) is 5.91 Å². The van der Waals surface area contributed by atoms with Crippen LogP contribution in [0.3, 0.4) is 0 Å². The molecule has 3 atom stereocenters. The molecule has 3 nitrogen and oxygen atoms in total. The summed E-state index contributed by atoms with van der Waals surface area (Å²) in [5.74, 6) is 1.39. The standard InChI is InChI=1S/C14H26N2OS/c1-3-14(9-6-10-15-14)13(17)16-11-7-5-8-12(11)18-4-2/h11-12,15H,3-10H2,1-2H3,(H,16,17).